The van der Waals surface area contributed by atoms with Gasteiger partial charge in [-0.15, -0.1) is 0 Å². The summed E-state index contributed by atoms with van der Waals surface area (Å²) in [4.78, 5) is 14.9. The number of rotatable bonds is 12. The largest absolute Gasteiger partial charge is 0.493 e. The summed E-state index contributed by atoms with van der Waals surface area (Å²) >= 11 is 0. The average Bonchev–Trinajstić information content (AvgIpc) is 2.92. The number of morpholine rings is 1. The number of ether oxygens (including phenoxy) is 5. The molecular weight excluding hydrogens is 462 g/mol. The highest BCUT2D eigenvalue weighted by Gasteiger charge is 2.13. The lowest BCUT2D eigenvalue weighted by atomic mass is 10.1. The van der Waals surface area contributed by atoms with Crippen molar-refractivity contribution in [1.82, 2.24) is 10.2 Å². The monoisotopic (exact) mass is 495 g/mol. The highest BCUT2D eigenvalue weighted by molar-refractivity contribution is 6.01. The van der Waals surface area contributed by atoms with Crippen molar-refractivity contribution in [3.8, 4) is 29.1 Å². The quantitative estimate of drug-likeness (QED) is 0.354. The Morgan fingerprint density at radius 2 is 1.72 bits per heavy atom. The standard InChI is InChI=1S/C27H33N3O6/c1-32-23-6-4-20(17-25(23)33-2)8-9-29-27(31)22(19-28)16-21-5-7-24(26(18-21)34-3)36-15-12-30-10-13-35-14-11-30/h4-7,16-18H,8-15H2,1-3H3,(H,29,31)/b22-16+. The molecule has 36 heavy (non-hydrogen) atoms. The van der Waals surface area contributed by atoms with Gasteiger partial charge in [0.1, 0.15) is 18.2 Å². The maximum atomic E-state index is 12.6. The number of hydrogen-bond donors (Lipinski definition) is 1. The minimum absolute atomic E-state index is 0.00495. The van der Waals surface area contributed by atoms with Gasteiger partial charge in [-0.1, -0.05) is 12.1 Å². The first-order valence-electron chi connectivity index (χ1n) is 11.8. The summed E-state index contributed by atoms with van der Waals surface area (Å²) in [6.07, 6.45) is 2.11. The number of amides is 1. The van der Waals surface area contributed by atoms with Crippen LogP contribution in [-0.4, -0.2) is 78.1 Å². The zero-order chi connectivity index (χ0) is 25.8. The highest BCUT2D eigenvalue weighted by atomic mass is 16.5. The summed E-state index contributed by atoms with van der Waals surface area (Å²) in [6, 6.07) is 12.9. The molecule has 0 saturated carbocycles. The topological polar surface area (TPSA) is 102 Å². The van der Waals surface area contributed by atoms with Gasteiger partial charge in [-0.3, -0.25) is 9.69 Å². The summed E-state index contributed by atoms with van der Waals surface area (Å²) in [5.41, 5.74) is 1.65. The van der Waals surface area contributed by atoms with Gasteiger partial charge in [-0.05, 0) is 47.9 Å². The molecule has 1 N–H and O–H groups in total. The van der Waals surface area contributed by atoms with E-state index in [0.29, 0.717) is 48.1 Å². The lowest BCUT2D eigenvalue weighted by Gasteiger charge is -2.26. The van der Waals surface area contributed by atoms with Crippen LogP contribution in [0.25, 0.3) is 6.08 Å². The Labute approximate surface area is 212 Å². The van der Waals surface area contributed by atoms with Crippen LogP contribution in [0.2, 0.25) is 0 Å². The van der Waals surface area contributed by atoms with E-state index in [2.05, 4.69) is 10.2 Å². The van der Waals surface area contributed by atoms with Crippen LogP contribution in [0.1, 0.15) is 11.1 Å². The molecule has 192 valence electrons. The van der Waals surface area contributed by atoms with Gasteiger partial charge in [-0.25, -0.2) is 0 Å². The molecule has 0 spiro atoms. The second kappa shape index (κ2) is 14.0. The molecule has 0 radical (unpaired) electrons. The Balaban J connectivity index is 1.56. The fourth-order valence-corrected chi connectivity index (χ4v) is 3.77. The molecule has 0 aromatic heterocycles. The van der Waals surface area contributed by atoms with Crippen LogP contribution < -0.4 is 24.3 Å². The van der Waals surface area contributed by atoms with E-state index < -0.39 is 5.91 Å². The number of nitrogens with zero attached hydrogens (tertiary/aromatic N) is 2. The molecule has 0 bridgehead atoms. The van der Waals surface area contributed by atoms with E-state index in [1.807, 2.05) is 24.3 Å². The first kappa shape index (κ1) is 26.9. The molecule has 1 heterocycles. The SMILES string of the molecule is COc1ccc(CCNC(=O)/C(C#N)=C/c2ccc(OCCN3CCOCC3)c(OC)c2)cc1OC. The van der Waals surface area contributed by atoms with Crippen LogP contribution in [0.3, 0.4) is 0 Å². The Kier molecular flexibility index (Phi) is 10.4. The fraction of sp³-hybridized carbons (Fsp3) is 0.407. The molecule has 3 rings (SSSR count). The van der Waals surface area contributed by atoms with Crippen molar-refractivity contribution in [2.45, 2.75) is 6.42 Å². The van der Waals surface area contributed by atoms with Crippen molar-refractivity contribution in [3.05, 3.63) is 53.1 Å². The maximum Gasteiger partial charge on any atom is 0.261 e. The minimum Gasteiger partial charge on any atom is -0.493 e. The zero-order valence-corrected chi connectivity index (χ0v) is 21.0. The van der Waals surface area contributed by atoms with Gasteiger partial charge in [0, 0.05) is 26.2 Å². The fourth-order valence-electron chi connectivity index (χ4n) is 3.77. The van der Waals surface area contributed by atoms with Gasteiger partial charge >= 0.3 is 0 Å². The molecule has 9 heteroatoms. The lowest BCUT2D eigenvalue weighted by molar-refractivity contribution is -0.117. The molecular formula is C27H33N3O6. The van der Waals surface area contributed by atoms with Crippen molar-refractivity contribution in [2.75, 3.05) is 67.3 Å². The van der Waals surface area contributed by atoms with Crippen LogP contribution in [0, 0.1) is 11.3 Å². The van der Waals surface area contributed by atoms with Gasteiger partial charge in [0.15, 0.2) is 23.0 Å². The summed E-state index contributed by atoms with van der Waals surface area (Å²) in [6.45, 7) is 4.99. The molecule has 1 saturated heterocycles. The number of nitrogens with one attached hydrogen (secondary N) is 1. The molecule has 0 atom stereocenters. The Hall–Kier alpha value is -3.74. The van der Waals surface area contributed by atoms with Crippen LogP contribution in [0.15, 0.2) is 42.0 Å². The molecule has 1 amide bonds. The van der Waals surface area contributed by atoms with Crippen molar-refractivity contribution < 1.29 is 28.5 Å². The van der Waals surface area contributed by atoms with Crippen LogP contribution >= 0.6 is 0 Å². The van der Waals surface area contributed by atoms with Gasteiger partial charge in [0.25, 0.3) is 5.91 Å². The first-order chi connectivity index (χ1) is 17.6. The van der Waals surface area contributed by atoms with E-state index in [-0.39, 0.29) is 5.57 Å². The molecule has 0 unspecified atom stereocenters. The third kappa shape index (κ3) is 7.63. The highest BCUT2D eigenvalue weighted by Crippen LogP contribution is 2.29. The van der Waals surface area contributed by atoms with Crippen molar-refractivity contribution >= 4 is 12.0 Å². The van der Waals surface area contributed by atoms with Crippen molar-refractivity contribution in [3.63, 3.8) is 0 Å². The van der Waals surface area contributed by atoms with E-state index in [0.717, 1.165) is 38.4 Å². The van der Waals surface area contributed by atoms with E-state index >= 15 is 0 Å². The number of carbonyl (C=O) groups is 1. The summed E-state index contributed by atoms with van der Waals surface area (Å²) < 4.78 is 27.3. The number of nitriles is 1. The zero-order valence-electron chi connectivity index (χ0n) is 21.0. The second-order valence-corrected chi connectivity index (χ2v) is 8.08. The number of methoxy groups -OCH3 is 3. The molecule has 1 aliphatic rings. The predicted molar refractivity (Wildman–Crippen MR) is 136 cm³/mol. The summed E-state index contributed by atoms with van der Waals surface area (Å²) in [5, 5.41) is 12.3. The third-order valence-corrected chi connectivity index (χ3v) is 5.78. The normalized spacial score (nSPS) is 14.0. The van der Waals surface area contributed by atoms with E-state index in [9.17, 15) is 10.1 Å². The maximum absolute atomic E-state index is 12.6. The first-order valence-corrected chi connectivity index (χ1v) is 11.8. The van der Waals surface area contributed by atoms with Gasteiger partial charge < -0.3 is 29.0 Å². The van der Waals surface area contributed by atoms with E-state index in [1.165, 1.54) is 6.08 Å². The molecule has 9 nitrogen and oxygen atoms in total. The predicted octanol–water partition coefficient (Wildman–Crippen LogP) is 2.69. The molecule has 1 fully saturated rings. The van der Waals surface area contributed by atoms with Gasteiger partial charge in [-0.2, -0.15) is 5.26 Å². The van der Waals surface area contributed by atoms with Crippen LogP contribution in [0.4, 0.5) is 0 Å². The number of benzene rings is 2. The summed E-state index contributed by atoms with van der Waals surface area (Å²) in [7, 11) is 4.71. The van der Waals surface area contributed by atoms with E-state index in [1.54, 1.807) is 39.5 Å². The number of carbonyl (C=O) groups excluding carboxylic acids is 1. The van der Waals surface area contributed by atoms with Crippen molar-refractivity contribution in [2.24, 2.45) is 0 Å². The third-order valence-electron chi connectivity index (χ3n) is 5.78. The minimum atomic E-state index is -0.442. The smallest absolute Gasteiger partial charge is 0.261 e. The second-order valence-electron chi connectivity index (χ2n) is 8.08. The lowest BCUT2D eigenvalue weighted by Crippen LogP contribution is -2.38. The number of hydrogen-bond acceptors (Lipinski definition) is 8. The van der Waals surface area contributed by atoms with Crippen LogP contribution in [0.5, 0.6) is 23.0 Å². The Bertz CT molecular complexity index is 1090. The van der Waals surface area contributed by atoms with Crippen molar-refractivity contribution in [1.29, 1.82) is 5.26 Å². The average molecular weight is 496 g/mol. The molecule has 2 aromatic carbocycles. The van der Waals surface area contributed by atoms with E-state index in [4.69, 9.17) is 23.7 Å². The molecule has 2 aromatic rings. The Morgan fingerprint density at radius 3 is 2.42 bits per heavy atom. The Morgan fingerprint density at radius 1 is 1.03 bits per heavy atom. The van der Waals surface area contributed by atoms with Gasteiger partial charge in [0.2, 0.25) is 0 Å². The summed E-state index contributed by atoms with van der Waals surface area (Å²) in [5.74, 6) is 1.98. The van der Waals surface area contributed by atoms with Gasteiger partial charge in [0.05, 0.1) is 34.5 Å². The van der Waals surface area contributed by atoms with Crippen LogP contribution in [-0.2, 0) is 16.0 Å². The molecule has 0 aliphatic carbocycles. The molecule has 1 aliphatic heterocycles.